The molecule has 0 bridgehead atoms. The summed E-state index contributed by atoms with van der Waals surface area (Å²) in [7, 11) is 1.69. The summed E-state index contributed by atoms with van der Waals surface area (Å²) in [6.45, 7) is 9.94. The summed E-state index contributed by atoms with van der Waals surface area (Å²) in [5.41, 5.74) is 0.479. The molecule has 0 aromatic carbocycles. The number of carbonyl (C=O) groups is 3. The highest BCUT2D eigenvalue weighted by Gasteiger charge is 2.32. The first kappa shape index (κ1) is 20.1. The van der Waals surface area contributed by atoms with Gasteiger partial charge in [-0.2, -0.15) is 0 Å². The zero-order chi connectivity index (χ0) is 18.3. The van der Waals surface area contributed by atoms with E-state index in [0.717, 1.165) is 0 Å². The van der Waals surface area contributed by atoms with Gasteiger partial charge in [-0.25, -0.2) is 0 Å². The van der Waals surface area contributed by atoms with Crippen LogP contribution < -0.4 is 5.32 Å². The lowest BCUT2D eigenvalue weighted by atomic mass is 10.2. The molecule has 0 radical (unpaired) electrons. The number of hydrogen-bond donors (Lipinski definition) is 2. The van der Waals surface area contributed by atoms with Crippen LogP contribution in [0.5, 0.6) is 0 Å². The third-order valence-corrected chi connectivity index (χ3v) is 3.93. The highest BCUT2D eigenvalue weighted by molar-refractivity contribution is 6.35. The number of likely N-dealkylation sites (N-methyl/N-ethyl adjacent to an activating group) is 2. The average Bonchev–Trinajstić information content (AvgIpc) is 2.55. The second kappa shape index (κ2) is 9.39. The van der Waals surface area contributed by atoms with Gasteiger partial charge in [0.15, 0.2) is 0 Å². The smallest absolute Gasteiger partial charge is 0.312 e. The second-order valence-corrected chi connectivity index (χ2v) is 6.00. The largest absolute Gasteiger partial charge is 0.390 e. The molecule has 1 aliphatic rings. The Labute approximate surface area is 143 Å². The van der Waals surface area contributed by atoms with Gasteiger partial charge in [0, 0.05) is 58.4 Å². The number of nitrogens with one attached hydrogen (secondary N) is 1. The molecule has 1 fully saturated rings. The van der Waals surface area contributed by atoms with Crippen molar-refractivity contribution in [2.75, 3.05) is 52.9 Å². The molecule has 8 heteroatoms. The minimum atomic E-state index is -0.767. The Kier molecular flexibility index (Phi) is 7.87. The summed E-state index contributed by atoms with van der Waals surface area (Å²) in [6.07, 6.45) is -0.767. The van der Waals surface area contributed by atoms with Gasteiger partial charge in [0.05, 0.1) is 6.10 Å². The zero-order valence-electron chi connectivity index (χ0n) is 14.7. The maximum absolute atomic E-state index is 11.9. The number of amides is 3. The van der Waals surface area contributed by atoms with Crippen molar-refractivity contribution in [3.63, 3.8) is 0 Å². The van der Waals surface area contributed by atoms with Crippen molar-refractivity contribution < 1.29 is 19.5 Å². The first-order chi connectivity index (χ1) is 11.3. The van der Waals surface area contributed by atoms with Gasteiger partial charge in [-0.15, -0.1) is 0 Å². The summed E-state index contributed by atoms with van der Waals surface area (Å²) in [5, 5.41) is 13.1. The lowest BCUT2D eigenvalue weighted by Crippen LogP contribution is -2.56. The Morgan fingerprint density at radius 2 is 1.92 bits per heavy atom. The number of nitrogens with zero attached hydrogens (tertiary/aromatic N) is 3. The van der Waals surface area contributed by atoms with E-state index in [0.29, 0.717) is 38.3 Å². The van der Waals surface area contributed by atoms with Crippen LogP contribution in [0.4, 0.5) is 0 Å². The Bertz CT molecular complexity index is 494. The molecular weight excluding hydrogens is 312 g/mol. The van der Waals surface area contributed by atoms with Crippen LogP contribution in [0.25, 0.3) is 0 Å². The van der Waals surface area contributed by atoms with Crippen LogP contribution in [0.2, 0.25) is 0 Å². The van der Waals surface area contributed by atoms with Gasteiger partial charge >= 0.3 is 11.8 Å². The van der Waals surface area contributed by atoms with Crippen molar-refractivity contribution in [3.8, 4) is 0 Å². The average molecular weight is 340 g/mol. The number of β-amino-alcohol motifs (C(OH)–C–C–N with tert-alkyl or cyclic N) is 1. The molecule has 1 heterocycles. The quantitative estimate of drug-likeness (QED) is 0.308. The minimum absolute atomic E-state index is 0.116. The second-order valence-electron chi connectivity index (χ2n) is 6.00. The van der Waals surface area contributed by atoms with Crippen LogP contribution >= 0.6 is 0 Å². The molecule has 0 aromatic heterocycles. The summed E-state index contributed by atoms with van der Waals surface area (Å²) in [6, 6.07) is 0. The SMILES string of the molecule is C=C(C)C(=O)N(C)CCNCC(O)CN1CCN(CC)C(=O)C1=O. The molecule has 0 saturated carbocycles. The standard InChI is InChI=1S/C16H28N4O4/c1-5-19-8-9-20(16(24)15(19)23)11-13(21)10-17-6-7-18(4)14(22)12(2)3/h13,17,21H,2,5-11H2,1,3-4H3. The molecule has 24 heavy (non-hydrogen) atoms. The zero-order valence-corrected chi connectivity index (χ0v) is 14.7. The van der Waals surface area contributed by atoms with E-state index in [1.807, 2.05) is 6.92 Å². The Balaban J connectivity index is 2.28. The number of rotatable bonds is 9. The minimum Gasteiger partial charge on any atom is -0.390 e. The van der Waals surface area contributed by atoms with Gasteiger partial charge in [0.2, 0.25) is 5.91 Å². The fourth-order valence-electron chi connectivity index (χ4n) is 2.45. The van der Waals surface area contributed by atoms with Gasteiger partial charge in [0.25, 0.3) is 0 Å². The van der Waals surface area contributed by atoms with E-state index < -0.39 is 17.9 Å². The van der Waals surface area contributed by atoms with Crippen molar-refractivity contribution in [1.82, 2.24) is 20.0 Å². The monoisotopic (exact) mass is 340 g/mol. The third-order valence-electron chi connectivity index (χ3n) is 3.93. The van der Waals surface area contributed by atoms with E-state index in [1.165, 1.54) is 9.80 Å². The highest BCUT2D eigenvalue weighted by Crippen LogP contribution is 2.05. The predicted molar refractivity (Wildman–Crippen MR) is 90.2 cm³/mol. The lowest BCUT2D eigenvalue weighted by Gasteiger charge is -2.34. The fourth-order valence-corrected chi connectivity index (χ4v) is 2.45. The van der Waals surface area contributed by atoms with Gasteiger partial charge in [-0.05, 0) is 13.8 Å². The maximum Gasteiger partial charge on any atom is 0.312 e. The lowest BCUT2D eigenvalue weighted by molar-refractivity contribution is -0.156. The van der Waals surface area contributed by atoms with Crippen LogP contribution in [0.1, 0.15) is 13.8 Å². The van der Waals surface area contributed by atoms with Crippen LogP contribution in [0.3, 0.4) is 0 Å². The van der Waals surface area contributed by atoms with Gasteiger partial charge in [-0.3, -0.25) is 14.4 Å². The highest BCUT2D eigenvalue weighted by atomic mass is 16.3. The molecule has 8 nitrogen and oxygen atoms in total. The predicted octanol–water partition coefficient (Wildman–Crippen LogP) is -1.34. The molecule has 1 unspecified atom stereocenters. The summed E-state index contributed by atoms with van der Waals surface area (Å²) < 4.78 is 0. The van der Waals surface area contributed by atoms with Crippen LogP contribution in [-0.4, -0.2) is 96.5 Å². The normalized spacial score (nSPS) is 16.3. The van der Waals surface area contributed by atoms with Crippen molar-refractivity contribution in [3.05, 3.63) is 12.2 Å². The van der Waals surface area contributed by atoms with E-state index in [9.17, 15) is 19.5 Å². The number of piperazine rings is 1. The molecule has 0 aromatic rings. The van der Waals surface area contributed by atoms with E-state index in [1.54, 1.807) is 18.9 Å². The molecule has 0 spiro atoms. The van der Waals surface area contributed by atoms with Crippen LogP contribution in [0, 0.1) is 0 Å². The molecule has 1 atom stereocenters. The molecule has 2 N–H and O–H groups in total. The molecule has 3 amide bonds. The molecule has 136 valence electrons. The summed E-state index contributed by atoms with van der Waals surface area (Å²) in [5.74, 6) is -1.19. The van der Waals surface area contributed by atoms with E-state index in [-0.39, 0.29) is 19.0 Å². The first-order valence-corrected chi connectivity index (χ1v) is 8.15. The molecule has 1 rings (SSSR count). The Morgan fingerprint density at radius 3 is 2.50 bits per heavy atom. The van der Waals surface area contributed by atoms with Crippen molar-refractivity contribution in [2.45, 2.75) is 20.0 Å². The Morgan fingerprint density at radius 1 is 1.33 bits per heavy atom. The molecular formula is C16H28N4O4. The topological polar surface area (TPSA) is 93.2 Å². The van der Waals surface area contributed by atoms with Crippen molar-refractivity contribution >= 4 is 17.7 Å². The first-order valence-electron chi connectivity index (χ1n) is 8.15. The van der Waals surface area contributed by atoms with Gasteiger partial charge < -0.3 is 25.1 Å². The van der Waals surface area contributed by atoms with Crippen LogP contribution in [-0.2, 0) is 14.4 Å². The number of carbonyl (C=O) groups excluding carboxylic acids is 3. The molecule has 1 saturated heterocycles. The van der Waals surface area contributed by atoms with E-state index in [2.05, 4.69) is 11.9 Å². The number of aliphatic hydroxyl groups is 1. The van der Waals surface area contributed by atoms with Crippen molar-refractivity contribution in [2.24, 2.45) is 0 Å². The van der Waals surface area contributed by atoms with Gasteiger partial charge in [0.1, 0.15) is 0 Å². The van der Waals surface area contributed by atoms with Crippen molar-refractivity contribution in [1.29, 1.82) is 0 Å². The van der Waals surface area contributed by atoms with Gasteiger partial charge in [-0.1, -0.05) is 6.58 Å². The number of aliphatic hydroxyl groups excluding tert-OH is 1. The van der Waals surface area contributed by atoms with E-state index in [4.69, 9.17) is 0 Å². The van der Waals surface area contributed by atoms with Crippen LogP contribution in [0.15, 0.2) is 12.2 Å². The third kappa shape index (κ3) is 5.61. The number of hydrogen-bond acceptors (Lipinski definition) is 5. The molecule has 0 aliphatic carbocycles. The fraction of sp³-hybridized carbons (Fsp3) is 0.688. The van der Waals surface area contributed by atoms with E-state index >= 15 is 0 Å². The summed E-state index contributed by atoms with van der Waals surface area (Å²) >= 11 is 0. The maximum atomic E-state index is 11.9. The Hall–Kier alpha value is -1.93. The molecule has 1 aliphatic heterocycles. The summed E-state index contributed by atoms with van der Waals surface area (Å²) in [4.78, 5) is 39.8.